The third kappa shape index (κ3) is 4.46. The molecule has 1 amide bonds. The predicted octanol–water partition coefficient (Wildman–Crippen LogP) is 2.99. The van der Waals surface area contributed by atoms with E-state index in [-0.39, 0.29) is 35.0 Å². The van der Waals surface area contributed by atoms with Crippen molar-refractivity contribution in [2.75, 3.05) is 13.2 Å². The Labute approximate surface area is 149 Å². The van der Waals surface area contributed by atoms with Crippen LogP contribution in [0.25, 0.3) is 0 Å². The zero-order valence-electron chi connectivity index (χ0n) is 13.5. The van der Waals surface area contributed by atoms with E-state index in [1.807, 2.05) is 0 Å². The van der Waals surface area contributed by atoms with Crippen molar-refractivity contribution < 1.29 is 13.9 Å². The van der Waals surface area contributed by atoms with E-state index in [0.717, 1.165) is 12.8 Å². The zero-order chi connectivity index (χ0) is 17.8. The Morgan fingerprint density at radius 3 is 2.92 bits per heavy atom. The summed E-state index contributed by atoms with van der Waals surface area (Å²) >= 11 is 5.83. The van der Waals surface area contributed by atoms with Gasteiger partial charge in [0.15, 0.2) is 0 Å². The minimum atomic E-state index is -0.450. The van der Waals surface area contributed by atoms with Gasteiger partial charge in [0.25, 0.3) is 11.5 Å². The predicted molar refractivity (Wildman–Crippen MR) is 92.2 cm³/mol. The van der Waals surface area contributed by atoms with Crippen LogP contribution in [0, 0.1) is 5.82 Å². The zero-order valence-corrected chi connectivity index (χ0v) is 14.3. The number of aromatic amines is 1. The average Bonchev–Trinajstić information content (AvgIpc) is 3.09. The summed E-state index contributed by atoms with van der Waals surface area (Å²) in [5.41, 5.74) is 0.509. The molecule has 0 saturated carbocycles. The number of halogens is 2. The third-order valence-electron chi connectivity index (χ3n) is 4.10. The Balaban J connectivity index is 1.84. The summed E-state index contributed by atoms with van der Waals surface area (Å²) in [6.45, 7) is 1.32. The van der Waals surface area contributed by atoms with E-state index in [9.17, 15) is 14.0 Å². The number of H-pyrrole nitrogens is 1. The van der Waals surface area contributed by atoms with E-state index in [2.05, 4.69) is 4.98 Å². The van der Waals surface area contributed by atoms with Crippen molar-refractivity contribution in [1.29, 1.82) is 0 Å². The van der Waals surface area contributed by atoms with E-state index in [0.29, 0.717) is 18.7 Å². The number of rotatable bonds is 5. The van der Waals surface area contributed by atoms with Crippen LogP contribution in [0.4, 0.5) is 4.39 Å². The molecular weight excluding hydrogens is 347 g/mol. The van der Waals surface area contributed by atoms with Crippen LogP contribution in [-0.2, 0) is 11.3 Å². The van der Waals surface area contributed by atoms with E-state index in [1.54, 1.807) is 17.0 Å². The van der Waals surface area contributed by atoms with Gasteiger partial charge in [-0.1, -0.05) is 23.7 Å². The van der Waals surface area contributed by atoms with Gasteiger partial charge in [0.05, 0.1) is 11.7 Å². The molecule has 7 heteroatoms. The summed E-state index contributed by atoms with van der Waals surface area (Å²) in [6.07, 6.45) is 3.12. The molecule has 1 fully saturated rings. The average molecular weight is 365 g/mol. The standard InChI is InChI=1S/C18H18ClFN2O3/c19-16-8-13(9-21-17(16)23)18(24)22(11-15-5-2-6-25-15)10-12-3-1-4-14(20)7-12/h1,3-4,7-9,15H,2,5-6,10-11H2,(H,21,23). The van der Waals surface area contributed by atoms with Gasteiger partial charge in [-0.15, -0.1) is 0 Å². The fourth-order valence-corrected chi connectivity index (χ4v) is 3.04. The lowest BCUT2D eigenvalue weighted by Gasteiger charge is -2.25. The summed E-state index contributed by atoms with van der Waals surface area (Å²) in [5.74, 6) is -0.646. The Kier molecular flexibility index (Phi) is 5.50. The van der Waals surface area contributed by atoms with Crippen LogP contribution in [0.2, 0.25) is 5.02 Å². The highest BCUT2D eigenvalue weighted by atomic mass is 35.5. The highest BCUT2D eigenvalue weighted by molar-refractivity contribution is 6.30. The van der Waals surface area contributed by atoms with Crippen molar-refractivity contribution >= 4 is 17.5 Å². The molecule has 1 aromatic heterocycles. The SMILES string of the molecule is O=C(c1c[nH]c(=O)c(Cl)c1)N(Cc1cccc(F)c1)CC1CCCO1. The Morgan fingerprint density at radius 1 is 1.40 bits per heavy atom. The van der Waals surface area contributed by atoms with Gasteiger partial charge in [-0.3, -0.25) is 9.59 Å². The van der Waals surface area contributed by atoms with Gasteiger partial charge in [0.2, 0.25) is 0 Å². The van der Waals surface area contributed by atoms with Gasteiger partial charge >= 0.3 is 0 Å². The molecule has 1 unspecified atom stereocenters. The number of amides is 1. The van der Waals surface area contributed by atoms with Crippen molar-refractivity contribution in [3.05, 3.63) is 68.8 Å². The maximum absolute atomic E-state index is 13.5. The summed E-state index contributed by atoms with van der Waals surface area (Å²) in [4.78, 5) is 28.3. The minimum Gasteiger partial charge on any atom is -0.376 e. The second kappa shape index (κ2) is 7.80. The quantitative estimate of drug-likeness (QED) is 0.887. The van der Waals surface area contributed by atoms with Gasteiger partial charge in [-0.05, 0) is 36.6 Å². The van der Waals surface area contributed by atoms with Crippen LogP contribution in [0.15, 0.2) is 41.3 Å². The number of benzene rings is 1. The normalized spacial score (nSPS) is 16.8. The molecule has 0 radical (unpaired) electrons. The molecule has 1 aliphatic rings. The van der Waals surface area contributed by atoms with Crippen LogP contribution in [0.1, 0.15) is 28.8 Å². The van der Waals surface area contributed by atoms with Crippen LogP contribution in [0.3, 0.4) is 0 Å². The number of hydrogen-bond acceptors (Lipinski definition) is 3. The molecule has 2 aromatic rings. The number of nitrogens with one attached hydrogen (secondary N) is 1. The van der Waals surface area contributed by atoms with Gasteiger partial charge in [-0.2, -0.15) is 0 Å². The molecule has 25 heavy (non-hydrogen) atoms. The first-order valence-corrected chi connectivity index (χ1v) is 8.44. The number of hydrogen-bond donors (Lipinski definition) is 1. The summed E-state index contributed by atoms with van der Waals surface area (Å²) in [5, 5.41) is -0.0475. The first-order chi connectivity index (χ1) is 12.0. The van der Waals surface area contributed by atoms with Crippen LogP contribution in [-0.4, -0.2) is 35.0 Å². The van der Waals surface area contributed by atoms with Gasteiger partial charge in [0.1, 0.15) is 10.8 Å². The van der Waals surface area contributed by atoms with E-state index in [1.165, 1.54) is 24.4 Å². The van der Waals surface area contributed by atoms with E-state index in [4.69, 9.17) is 16.3 Å². The van der Waals surface area contributed by atoms with Crippen molar-refractivity contribution in [2.45, 2.75) is 25.5 Å². The van der Waals surface area contributed by atoms with Crippen molar-refractivity contribution in [2.24, 2.45) is 0 Å². The lowest BCUT2D eigenvalue weighted by Crippen LogP contribution is -2.37. The number of nitrogens with zero attached hydrogens (tertiary/aromatic N) is 1. The molecule has 1 saturated heterocycles. The molecule has 5 nitrogen and oxygen atoms in total. The molecule has 2 heterocycles. The highest BCUT2D eigenvalue weighted by Crippen LogP contribution is 2.18. The number of aromatic nitrogens is 1. The van der Waals surface area contributed by atoms with Crippen molar-refractivity contribution in [3.63, 3.8) is 0 Å². The molecule has 1 aromatic carbocycles. The maximum Gasteiger partial charge on any atom is 0.266 e. The number of carbonyl (C=O) groups excluding carboxylic acids is 1. The number of carbonyl (C=O) groups is 1. The van der Waals surface area contributed by atoms with Crippen molar-refractivity contribution in [3.8, 4) is 0 Å². The first kappa shape index (κ1) is 17.6. The van der Waals surface area contributed by atoms with E-state index < -0.39 is 5.56 Å². The summed E-state index contributed by atoms with van der Waals surface area (Å²) in [6, 6.07) is 7.47. The second-order valence-electron chi connectivity index (χ2n) is 6.02. The Bertz CT molecular complexity index is 818. The monoisotopic (exact) mass is 364 g/mol. The molecule has 1 aliphatic heterocycles. The summed E-state index contributed by atoms with van der Waals surface area (Å²) in [7, 11) is 0. The number of ether oxygens (including phenoxy) is 1. The fourth-order valence-electron chi connectivity index (χ4n) is 2.87. The molecule has 1 N–H and O–H groups in total. The van der Waals surface area contributed by atoms with Crippen LogP contribution < -0.4 is 5.56 Å². The Morgan fingerprint density at radius 2 is 2.24 bits per heavy atom. The number of pyridine rings is 1. The second-order valence-corrected chi connectivity index (χ2v) is 6.42. The molecule has 0 aliphatic carbocycles. The van der Waals surface area contributed by atoms with Crippen LogP contribution in [0.5, 0.6) is 0 Å². The fraction of sp³-hybridized carbons (Fsp3) is 0.333. The highest BCUT2D eigenvalue weighted by Gasteiger charge is 2.24. The molecular formula is C18H18ClFN2O3. The largest absolute Gasteiger partial charge is 0.376 e. The maximum atomic E-state index is 13.5. The molecule has 1 atom stereocenters. The van der Waals surface area contributed by atoms with Gasteiger partial charge in [0, 0.05) is 25.9 Å². The third-order valence-corrected chi connectivity index (χ3v) is 4.38. The molecule has 0 bridgehead atoms. The van der Waals surface area contributed by atoms with Gasteiger partial charge in [-0.25, -0.2) is 4.39 Å². The Hall–Kier alpha value is -2.18. The minimum absolute atomic E-state index is 0.0456. The smallest absolute Gasteiger partial charge is 0.266 e. The lowest BCUT2D eigenvalue weighted by molar-refractivity contribution is 0.0506. The first-order valence-electron chi connectivity index (χ1n) is 8.06. The molecule has 0 spiro atoms. The summed E-state index contributed by atoms with van der Waals surface area (Å²) < 4.78 is 19.1. The van der Waals surface area contributed by atoms with E-state index >= 15 is 0 Å². The topological polar surface area (TPSA) is 62.4 Å². The molecule has 132 valence electrons. The van der Waals surface area contributed by atoms with Crippen LogP contribution >= 0.6 is 11.6 Å². The van der Waals surface area contributed by atoms with Gasteiger partial charge < -0.3 is 14.6 Å². The lowest BCUT2D eigenvalue weighted by atomic mass is 10.1. The van der Waals surface area contributed by atoms with Crippen molar-refractivity contribution in [1.82, 2.24) is 9.88 Å². The molecule has 3 rings (SSSR count).